The summed E-state index contributed by atoms with van der Waals surface area (Å²) in [6, 6.07) is 6.74. The Balaban J connectivity index is 0.00000184. The number of ether oxygens (including phenoxy) is 2. The maximum Gasteiger partial charge on any atom is 0.339 e. The van der Waals surface area contributed by atoms with Crippen LogP contribution in [0.25, 0.3) is 0 Å². The Kier molecular flexibility index (Phi) is 22.0. The zero-order valence-corrected chi connectivity index (χ0v) is 21.4. The molecule has 0 aromatic heterocycles. The molecule has 0 aliphatic carbocycles. The van der Waals surface area contributed by atoms with Crippen LogP contribution in [-0.4, -0.2) is 36.9 Å². The summed E-state index contributed by atoms with van der Waals surface area (Å²) in [5.41, 5.74) is 0.586. The highest BCUT2D eigenvalue weighted by Gasteiger charge is 2.18. The van der Waals surface area contributed by atoms with E-state index in [1.54, 1.807) is 24.3 Å². The van der Waals surface area contributed by atoms with E-state index in [2.05, 4.69) is 20.8 Å². The highest BCUT2D eigenvalue weighted by molar-refractivity contribution is 6.03. The van der Waals surface area contributed by atoms with Crippen molar-refractivity contribution in [1.82, 2.24) is 0 Å². The van der Waals surface area contributed by atoms with Crippen LogP contribution in [0, 0.1) is 0 Å². The Morgan fingerprint density at radius 3 is 1.30 bits per heavy atom. The SMILES string of the molecule is CCCCCCCCOC(=O)c1ccccc1C(=O)OCCCCCCCC.CCCCO. The quantitative estimate of drug-likeness (QED) is 0.180. The lowest BCUT2D eigenvalue weighted by molar-refractivity contribution is 0.0450. The third-order valence-corrected chi connectivity index (χ3v) is 5.34. The molecule has 0 radical (unpaired) electrons. The van der Waals surface area contributed by atoms with Crippen LogP contribution in [0.3, 0.4) is 0 Å². The molecule has 1 aromatic carbocycles. The van der Waals surface area contributed by atoms with E-state index in [4.69, 9.17) is 14.6 Å². The summed E-state index contributed by atoms with van der Waals surface area (Å²) in [5.74, 6) is -0.888. The van der Waals surface area contributed by atoms with E-state index in [1.165, 1.54) is 51.4 Å². The smallest absolute Gasteiger partial charge is 0.339 e. The molecule has 0 heterocycles. The maximum absolute atomic E-state index is 12.4. The van der Waals surface area contributed by atoms with Gasteiger partial charge in [0, 0.05) is 6.61 Å². The molecule has 1 aromatic rings. The van der Waals surface area contributed by atoms with Crippen LogP contribution >= 0.6 is 0 Å². The van der Waals surface area contributed by atoms with Crippen molar-refractivity contribution in [2.24, 2.45) is 0 Å². The normalized spacial score (nSPS) is 10.3. The standard InChI is InChI=1S/C24H38O4.C4H10O/c1-3-5-7-9-11-15-19-27-23(25)21-17-13-14-18-22(21)24(26)28-20-16-12-10-8-6-4-2;1-2-3-4-5/h13-14,17-18H,3-12,15-16,19-20H2,1-2H3;5H,2-4H2,1H3. The molecule has 0 bridgehead atoms. The van der Waals surface area contributed by atoms with Gasteiger partial charge in [0.15, 0.2) is 0 Å². The highest BCUT2D eigenvalue weighted by atomic mass is 16.5. The first-order valence-electron chi connectivity index (χ1n) is 13.2. The molecule has 0 amide bonds. The van der Waals surface area contributed by atoms with Crippen LogP contribution in [0.4, 0.5) is 0 Å². The molecule has 0 saturated carbocycles. The molecule has 0 aliphatic heterocycles. The van der Waals surface area contributed by atoms with Gasteiger partial charge in [-0.25, -0.2) is 9.59 Å². The number of esters is 2. The van der Waals surface area contributed by atoms with E-state index in [9.17, 15) is 9.59 Å². The fraction of sp³-hybridized carbons (Fsp3) is 0.714. The lowest BCUT2D eigenvalue weighted by Gasteiger charge is -2.10. The van der Waals surface area contributed by atoms with Crippen LogP contribution < -0.4 is 0 Å². The zero-order valence-electron chi connectivity index (χ0n) is 21.4. The third kappa shape index (κ3) is 17.3. The van der Waals surface area contributed by atoms with Crippen molar-refractivity contribution in [2.75, 3.05) is 19.8 Å². The van der Waals surface area contributed by atoms with Crippen LogP contribution in [0.2, 0.25) is 0 Å². The summed E-state index contributed by atoms with van der Waals surface area (Å²) in [6.45, 7) is 7.57. The fourth-order valence-corrected chi connectivity index (χ4v) is 3.25. The fourth-order valence-electron chi connectivity index (χ4n) is 3.25. The van der Waals surface area contributed by atoms with Gasteiger partial charge in [-0.05, 0) is 31.4 Å². The Labute approximate surface area is 202 Å². The largest absolute Gasteiger partial charge is 0.462 e. The van der Waals surface area contributed by atoms with Crippen LogP contribution in [0.5, 0.6) is 0 Å². The number of carbonyl (C=O) groups is 2. The lowest BCUT2D eigenvalue weighted by Crippen LogP contribution is -2.15. The minimum atomic E-state index is -0.444. The summed E-state index contributed by atoms with van der Waals surface area (Å²) in [6.07, 6.45) is 15.7. The number of carbonyl (C=O) groups excluding carboxylic acids is 2. The first-order chi connectivity index (χ1) is 16.1. The van der Waals surface area contributed by atoms with Gasteiger partial charge in [-0.1, -0.05) is 104 Å². The van der Waals surface area contributed by atoms with Crippen molar-refractivity contribution in [2.45, 2.75) is 111 Å². The van der Waals surface area contributed by atoms with Crippen molar-refractivity contribution in [3.8, 4) is 0 Å². The summed E-state index contributed by atoms with van der Waals surface area (Å²) >= 11 is 0. The number of aliphatic hydroxyl groups excluding tert-OH is 1. The van der Waals surface area contributed by atoms with Crippen LogP contribution in [0.15, 0.2) is 24.3 Å². The van der Waals surface area contributed by atoms with Gasteiger partial charge in [0.25, 0.3) is 0 Å². The van der Waals surface area contributed by atoms with E-state index in [1.807, 2.05) is 0 Å². The zero-order chi connectivity index (χ0) is 24.6. The molecule has 5 heteroatoms. The van der Waals surface area contributed by atoms with Crippen molar-refractivity contribution < 1.29 is 24.2 Å². The van der Waals surface area contributed by atoms with Gasteiger partial charge in [-0.2, -0.15) is 0 Å². The molecular weight excluding hydrogens is 416 g/mol. The number of rotatable bonds is 18. The summed E-state index contributed by atoms with van der Waals surface area (Å²) in [7, 11) is 0. The van der Waals surface area contributed by atoms with E-state index < -0.39 is 11.9 Å². The third-order valence-electron chi connectivity index (χ3n) is 5.34. The first-order valence-corrected chi connectivity index (χ1v) is 13.2. The molecule has 0 saturated heterocycles. The Bertz CT molecular complexity index is 549. The van der Waals surface area contributed by atoms with Gasteiger partial charge < -0.3 is 14.6 Å². The number of benzene rings is 1. The first kappa shape index (κ1) is 31.1. The average molecular weight is 465 g/mol. The Morgan fingerprint density at radius 2 is 0.970 bits per heavy atom. The number of aliphatic hydroxyl groups is 1. The maximum atomic E-state index is 12.4. The van der Waals surface area contributed by atoms with Gasteiger partial charge in [-0.15, -0.1) is 0 Å². The molecule has 0 fully saturated rings. The predicted molar refractivity (Wildman–Crippen MR) is 136 cm³/mol. The van der Waals surface area contributed by atoms with Crippen molar-refractivity contribution in [3.63, 3.8) is 0 Å². The van der Waals surface area contributed by atoms with E-state index in [0.717, 1.165) is 38.5 Å². The van der Waals surface area contributed by atoms with E-state index in [-0.39, 0.29) is 0 Å². The minimum Gasteiger partial charge on any atom is -0.462 e. The molecule has 5 nitrogen and oxygen atoms in total. The van der Waals surface area contributed by atoms with Crippen LogP contribution in [0.1, 0.15) is 131 Å². The monoisotopic (exact) mass is 464 g/mol. The Morgan fingerprint density at radius 1 is 0.606 bits per heavy atom. The second kappa shape index (κ2) is 23.3. The van der Waals surface area contributed by atoms with E-state index >= 15 is 0 Å². The summed E-state index contributed by atoms with van der Waals surface area (Å²) in [5, 5.41) is 8.07. The molecule has 0 atom stereocenters. The van der Waals surface area contributed by atoms with Crippen LogP contribution in [-0.2, 0) is 9.47 Å². The average Bonchev–Trinajstić information content (AvgIpc) is 2.83. The number of hydrogen-bond donors (Lipinski definition) is 1. The van der Waals surface area contributed by atoms with E-state index in [0.29, 0.717) is 30.9 Å². The topological polar surface area (TPSA) is 72.8 Å². The van der Waals surface area contributed by atoms with Gasteiger partial charge in [0.1, 0.15) is 0 Å². The van der Waals surface area contributed by atoms with Crippen molar-refractivity contribution in [1.29, 1.82) is 0 Å². The molecule has 1 rings (SSSR count). The van der Waals surface area contributed by atoms with Crippen molar-refractivity contribution in [3.05, 3.63) is 35.4 Å². The molecule has 33 heavy (non-hydrogen) atoms. The second-order valence-corrected chi connectivity index (χ2v) is 8.43. The Hall–Kier alpha value is -1.88. The van der Waals surface area contributed by atoms with Gasteiger partial charge in [0.2, 0.25) is 0 Å². The van der Waals surface area contributed by atoms with Gasteiger partial charge in [-0.3, -0.25) is 0 Å². The van der Waals surface area contributed by atoms with Gasteiger partial charge in [0.05, 0.1) is 24.3 Å². The molecule has 1 N–H and O–H groups in total. The molecule has 0 unspecified atom stereocenters. The van der Waals surface area contributed by atoms with Gasteiger partial charge >= 0.3 is 11.9 Å². The molecule has 0 spiro atoms. The highest BCUT2D eigenvalue weighted by Crippen LogP contribution is 2.14. The summed E-state index contributed by atoms with van der Waals surface area (Å²) < 4.78 is 10.7. The number of unbranched alkanes of at least 4 members (excludes halogenated alkanes) is 11. The second-order valence-electron chi connectivity index (χ2n) is 8.43. The minimum absolute atomic E-state index is 0.293. The predicted octanol–water partition coefficient (Wildman–Crippen LogP) is 7.50. The van der Waals surface area contributed by atoms with Crippen molar-refractivity contribution >= 4 is 11.9 Å². The molecular formula is C28H48O5. The number of hydrogen-bond acceptors (Lipinski definition) is 5. The summed E-state index contributed by atoms with van der Waals surface area (Å²) in [4.78, 5) is 24.7. The molecule has 190 valence electrons. The molecule has 0 aliphatic rings. The lowest BCUT2D eigenvalue weighted by atomic mass is 10.1.